The summed E-state index contributed by atoms with van der Waals surface area (Å²) in [6, 6.07) is 13.3. The Morgan fingerprint density at radius 3 is 2.39 bits per heavy atom. The van der Waals surface area contributed by atoms with Gasteiger partial charge in [0.15, 0.2) is 0 Å². The molecule has 8 heteroatoms. The van der Waals surface area contributed by atoms with Crippen molar-refractivity contribution in [3.63, 3.8) is 0 Å². The zero-order valence-corrected chi connectivity index (χ0v) is 14.1. The number of nitrogens with one attached hydrogen (secondary N) is 2. The molecule has 0 aliphatic rings. The van der Waals surface area contributed by atoms with Crippen LogP contribution in [0.1, 0.15) is 10.4 Å². The summed E-state index contributed by atoms with van der Waals surface area (Å²) in [6.07, 6.45) is 0. The number of sulfonamides is 1. The molecular formula is C15H16ClN3O3S. The number of amides is 1. The van der Waals surface area contributed by atoms with Gasteiger partial charge in [-0.2, -0.15) is 0 Å². The molecule has 0 fully saturated rings. The first-order valence-electron chi connectivity index (χ1n) is 6.68. The standard InChI is InChI=1S/C15H16ClN3O3S/c1-17-23(21,22)14-10-11(8-9-13(14)16)15(20)18-19(2)12-6-4-3-5-7-12/h3-10,17H,1-2H3,(H,18,20). The number of hydrogen-bond donors (Lipinski definition) is 2. The molecule has 0 aliphatic heterocycles. The molecule has 2 N–H and O–H groups in total. The highest BCUT2D eigenvalue weighted by Gasteiger charge is 2.19. The van der Waals surface area contributed by atoms with Crippen LogP contribution >= 0.6 is 11.6 Å². The largest absolute Gasteiger partial charge is 0.288 e. The molecule has 0 aromatic heterocycles. The van der Waals surface area contributed by atoms with E-state index in [1.54, 1.807) is 12.1 Å². The predicted octanol–water partition coefficient (Wildman–Crippen LogP) is 2.03. The van der Waals surface area contributed by atoms with Crippen molar-refractivity contribution in [3.05, 3.63) is 59.1 Å². The maximum Gasteiger partial charge on any atom is 0.269 e. The van der Waals surface area contributed by atoms with Gasteiger partial charge in [-0.05, 0) is 37.4 Å². The maximum atomic E-state index is 12.3. The Bertz CT molecular complexity index is 810. The van der Waals surface area contributed by atoms with Crippen LogP contribution in [0.4, 0.5) is 5.69 Å². The summed E-state index contributed by atoms with van der Waals surface area (Å²) in [5.74, 6) is -0.444. The fourth-order valence-corrected chi connectivity index (χ4v) is 3.14. The first-order chi connectivity index (χ1) is 10.8. The van der Waals surface area contributed by atoms with Gasteiger partial charge < -0.3 is 0 Å². The van der Waals surface area contributed by atoms with Gasteiger partial charge in [0, 0.05) is 12.6 Å². The van der Waals surface area contributed by atoms with Crippen LogP contribution in [0.15, 0.2) is 53.4 Å². The molecule has 0 saturated carbocycles. The zero-order valence-electron chi connectivity index (χ0n) is 12.6. The smallest absolute Gasteiger partial charge is 0.269 e. The van der Waals surface area contributed by atoms with Gasteiger partial charge >= 0.3 is 0 Å². The van der Waals surface area contributed by atoms with Gasteiger partial charge in [-0.1, -0.05) is 29.8 Å². The summed E-state index contributed by atoms with van der Waals surface area (Å²) in [6.45, 7) is 0. The molecule has 0 bridgehead atoms. The minimum atomic E-state index is -3.74. The third kappa shape index (κ3) is 4.01. The highest BCUT2D eigenvalue weighted by Crippen LogP contribution is 2.22. The second kappa shape index (κ2) is 6.99. The van der Waals surface area contributed by atoms with Crippen LogP contribution in [0.2, 0.25) is 5.02 Å². The van der Waals surface area contributed by atoms with Crippen molar-refractivity contribution in [1.29, 1.82) is 0 Å². The van der Waals surface area contributed by atoms with E-state index in [0.717, 1.165) is 5.69 Å². The number of rotatable bonds is 5. The number of carbonyl (C=O) groups excluding carboxylic acids is 1. The quantitative estimate of drug-likeness (QED) is 0.806. The van der Waals surface area contributed by atoms with Gasteiger partial charge in [0.2, 0.25) is 10.0 Å². The summed E-state index contributed by atoms with van der Waals surface area (Å²) in [4.78, 5) is 12.2. The minimum absolute atomic E-state index is 0.0484. The first kappa shape index (κ1) is 17.3. The Labute approximate surface area is 140 Å². The first-order valence-corrected chi connectivity index (χ1v) is 8.54. The summed E-state index contributed by atoms with van der Waals surface area (Å²) >= 11 is 5.90. The second-order valence-corrected chi connectivity index (χ2v) is 6.95. The average molecular weight is 354 g/mol. The Morgan fingerprint density at radius 1 is 1.13 bits per heavy atom. The number of benzene rings is 2. The molecule has 2 rings (SSSR count). The van der Waals surface area contributed by atoms with Gasteiger partial charge in [-0.3, -0.25) is 15.2 Å². The molecule has 0 atom stereocenters. The number of halogens is 1. The number of anilines is 1. The number of hydrogen-bond acceptors (Lipinski definition) is 4. The molecule has 0 saturated heterocycles. The van der Waals surface area contributed by atoms with Crippen LogP contribution in [0.3, 0.4) is 0 Å². The van der Waals surface area contributed by atoms with Crippen LogP contribution < -0.4 is 15.2 Å². The van der Waals surface area contributed by atoms with Crippen molar-refractivity contribution in [3.8, 4) is 0 Å². The highest BCUT2D eigenvalue weighted by molar-refractivity contribution is 7.89. The predicted molar refractivity (Wildman–Crippen MR) is 90.0 cm³/mol. The monoisotopic (exact) mass is 353 g/mol. The lowest BCUT2D eigenvalue weighted by molar-refractivity contribution is 0.0951. The van der Waals surface area contributed by atoms with E-state index in [1.165, 1.54) is 25.2 Å². The summed E-state index contributed by atoms with van der Waals surface area (Å²) in [5, 5.41) is 1.59. The number of para-hydroxylation sites is 1. The molecule has 6 nitrogen and oxygen atoms in total. The molecule has 2 aromatic carbocycles. The Kier molecular flexibility index (Phi) is 5.25. The fraction of sp³-hybridized carbons (Fsp3) is 0.133. The third-order valence-corrected chi connectivity index (χ3v) is 5.06. The van der Waals surface area contributed by atoms with E-state index in [0.29, 0.717) is 0 Å². The fourth-order valence-electron chi connectivity index (χ4n) is 1.89. The lowest BCUT2D eigenvalue weighted by Crippen LogP contribution is -2.39. The van der Waals surface area contributed by atoms with E-state index >= 15 is 0 Å². The summed E-state index contributed by atoms with van der Waals surface area (Å²) in [7, 11) is -0.773. The molecule has 0 radical (unpaired) electrons. The SMILES string of the molecule is CNS(=O)(=O)c1cc(C(=O)NN(C)c2ccccc2)ccc1Cl. The highest BCUT2D eigenvalue weighted by atomic mass is 35.5. The van der Waals surface area contributed by atoms with E-state index in [1.807, 2.05) is 30.3 Å². The zero-order chi connectivity index (χ0) is 17.0. The van der Waals surface area contributed by atoms with E-state index in [4.69, 9.17) is 11.6 Å². The van der Waals surface area contributed by atoms with Crippen LogP contribution in [-0.4, -0.2) is 28.4 Å². The molecule has 0 spiro atoms. The molecular weight excluding hydrogens is 338 g/mol. The lowest BCUT2D eigenvalue weighted by atomic mass is 10.2. The van der Waals surface area contributed by atoms with Gasteiger partial charge in [-0.25, -0.2) is 13.1 Å². The van der Waals surface area contributed by atoms with Crippen LogP contribution in [0.25, 0.3) is 0 Å². The Hall–Kier alpha value is -2.09. The molecule has 0 heterocycles. The average Bonchev–Trinajstić information content (AvgIpc) is 2.55. The van der Waals surface area contributed by atoms with E-state index in [2.05, 4.69) is 10.1 Å². The van der Waals surface area contributed by atoms with Crippen molar-refractivity contribution in [2.75, 3.05) is 19.1 Å². The molecule has 2 aromatic rings. The lowest BCUT2D eigenvalue weighted by Gasteiger charge is -2.20. The molecule has 0 unspecified atom stereocenters. The summed E-state index contributed by atoms with van der Waals surface area (Å²) in [5.41, 5.74) is 3.64. The summed E-state index contributed by atoms with van der Waals surface area (Å²) < 4.78 is 26.0. The number of carbonyl (C=O) groups is 1. The van der Waals surface area contributed by atoms with E-state index < -0.39 is 15.9 Å². The van der Waals surface area contributed by atoms with E-state index in [9.17, 15) is 13.2 Å². The van der Waals surface area contributed by atoms with Crippen molar-refractivity contribution >= 4 is 33.2 Å². The van der Waals surface area contributed by atoms with Crippen LogP contribution in [-0.2, 0) is 10.0 Å². The maximum absolute atomic E-state index is 12.3. The molecule has 1 amide bonds. The van der Waals surface area contributed by atoms with Gasteiger partial charge in [-0.15, -0.1) is 0 Å². The van der Waals surface area contributed by atoms with Crippen LogP contribution in [0.5, 0.6) is 0 Å². The number of nitrogens with zero attached hydrogens (tertiary/aromatic N) is 1. The van der Waals surface area contributed by atoms with Crippen molar-refractivity contribution in [1.82, 2.24) is 10.1 Å². The van der Waals surface area contributed by atoms with Crippen molar-refractivity contribution < 1.29 is 13.2 Å². The second-order valence-electron chi connectivity index (χ2n) is 4.69. The van der Waals surface area contributed by atoms with Gasteiger partial charge in [0.05, 0.1) is 10.7 Å². The topological polar surface area (TPSA) is 78.5 Å². The van der Waals surface area contributed by atoms with Crippen molar-refractivity contribution in [2.45, 2.75) is 4.90 Å². The number of hydrazine groups is 1. The minimum Gasteiger partial charge on any atom is -0.288 e. The Balaban J connectivity index is 2.25. The Morgan fingerprint density at radius 2 is 1.78 bits per heavy atom. The molecule has 122 valence electrons. The van der Waals surface area contributed by atoms with Crippen LogP contribution in [0, 0.1) is 0 Å². The van der Waals surface area contributed by atoms with Crippen molar-refractivity contribution in [2.24, 2.45) is 0 Å². The third-order valence-electron chi connectivity index (χ3n) is 3.16. The molecule has 23 heavy (non-hydrogen) atoms. The molecule has 0 aliphatic carbocycles. The van der Waals surface area contributed by atoms with Gasteiger partial charge in [0.1, 0.15) is 4.90 Å². The van der Waals surface area contributed by atoms with E-state index in [-0.39, 0.29) is 15.5 Å². The van der Waals surface area contributed by atoms with Gasteiger partial charge in [0.25, 0.3) is 5.91 Å². The normalized spacial score (nSPS) is 11.1.